The molecule has 0 spiro atoms. The summed E-state index contributed by atoms with van der Waals surface area (Å²) < 4.78 is 0.749. The summed E-state index contributed by atoms with van der Waals surface area (Å²) in [7, 11) is 0. The number of amides is 1. The molecule has 0 saturated heterocycles. The first kappa shape index (κ1) is 15.4. The molecule has 2 aromatic carbocycles. The molecule has 0 aliphatic heterocycles. The summed E-state index contributed by atoms with van der Waals surface area (Å²) >= 11 is 13.6. The van der Waals surface area contributed by atoms with Crippen LogP contribution in [0.1, 0.15) is 5.56 Å². The maximum Gasteiger partial charge on any atom is 0.237 e. The topological polar surface area (TPSA) is 29.1 Å². The van der Waals surface area contributed by atoms with Crippen molar-refractivity contribution in [2.75, 3.05) is 5.32 Å². The highest BCUT2D eigenvalue weighted by Crippen LogP contribution is 2.26. The Bertz CT molecular complexity index is 606. The van der Waals surface area contributed by atoms with Gasteiger partial charge in [0.15, 0.2) is 0 Å². The molecule has 0 fully saturated rings. The molecule has 0 aliphatic rings. The van der Waals surface area contributed by atoms with Crippen molar-refractivity contribution in [2.45, 2.75) is 11.7 Å². The number of anilines is 1. The third kappa shape index (κ3) is 4.27. The monoisotopic (exact) mass is 369 g/mol. The molecule has 20 heavy (non-hydrogen) atoms. The lowest BCUT2D eigenvalue weighted by Crippen LogP contribution is -2.25. The van der Waals surface area contributed by atoms with E-state index in [1.54, 1.807) is 18.2 Å². The molecule has 5 heteroatoms. The first-order chi connectivity index (χ1) is 9.56. The predicted octanol–water partition coefficient (Wildman–Crippen LogP) is 4.58. The minimum absolute atomic E-state index is 0.139. The molecule has 2 rings (SSSR count). The molecule has 0 aliphatic carbocycles. The molecule has 1 unspecified atom stereocenters. The fourth-order valence-electron chi connectivity index (χ4n) is 1.74. The summed E-state index contributed by atoms with van der Waals surface area (Å²) in [6.45, 7) is 0. The van der Waals surface area contributed by atoms with E-state index < -0.39 is 5.25 Å². The van der Waals surface area contributed by atoms with Crippen molar-refractivity contribution in [3.05, 3.63) is 63.6 Å². The van der Waals surface area contributed by atoms with Gasteiger partial charge in [0.1, 0.15) is 0 Å². The van der Waals surface area contributed by atoms with Crippen LogP contribution in [-0.2, 0) is 11.2 Å². The summed E-state index contributed by atoms with van der Waals surface area (Å²) in [6.07, 6.45) is 0.584. The minimum Gasteiger partial charge on any atom is -0.324 e. The molecular formula is C15H13BrClNOS. The lowest BCUT2D eigenvalue weighted by atomic mass is 10.1. The smallest absolute Gasteiger partial charge is 0.237 e. The Kier molecular flexibility index (Phi) is 5.52. The van der Waals surface area contributed by atoms with Crippen LogP contribution in [0.5, 0.6) is 0 Å². The van der Waals surface area contributed by atoms with Crippen molar-refractivity contribution < 1.29 is 4.79 Å². The summed E-state index contributed by atoms with van der Waals surface area (Å²) in [5.41, 5.74) is 1.77. The van der Waals surface area contributed by atoms with E-state index in [1.807, 2.05) is 30.3 Å². The molecule has 0 saturated carbocycles. The van der Waals surface area contributed by atoms with Crippen molar-refractivity contribution in [3.63, 3.8) is 0 Å². The minimum atomic E-state index is -0.403. The molecule has 1 N–H and O–H groups in total. The molecule has 0 aromatic heterocycles. The van der Waals surface area contributed by atoms with Gasteiger partial charge in [-0.05, 0) is 46.1 Å². The SMILES string of the molecule is O=C(Nc1ccc(Cl)cc1Br)C(S)Cc1ccccc1. The van der Waals surface area contributed by atoms with Gasteiger partial charge < -0.3 is 5.32 Å². The largest absolute Gasteiger partial charge is 0.324 e. The second kappa shape index (κ2) is 7.16. The number of hydrogen-bond donors (Lipinski definition) is 2. The molecule has 2 nitrogen and oxygen atoms in total. The number of benzene rings is 2. The van der Waals surface area contributed by atoms with Crippen LogP contribution in [0.15, 0.2) is 53.0 Å². The van der Waals surface area contributed by atoms with Gasteiger partial charge in [0, 0.05) is 9.50 Å². The summed E-state index contributed by atoms with van der Waals surface area (Å²) in [6, 6.07) is 15.0. The standard InChI is InChI=1S/C15H13BrClNOS/c16-12-9-11(17)6-7-13(12)18-15(19)14(20)8-10-4-2-1-3-5-10/h1-7,9,14,20H,8H2,(H,18,19). The fourth-order valence-corrected chi connectivity index (χ4v) is 2.79. The highest BCUT2D eigenvalue weighted by Gasteiger charge is 2.15. The molecule has 1 amide bonds. The van der Waals surface area contributed by atoms with Gasteiger partial charge >= 0.3 is 0 Å². The summed E-state index contributed by atoms with van der Waals surface area (Å²) in [5.74, 6) is -0.139. The Morgan fingerprint density at radius 1 is 1.25 bits per heavy atom. The zero-order chi connectivity index (χ0) is 14.5. The van der Waals surface area contributed by atoms with Crippen LogP contribution in [0.2, 0.25) is 5.02 Å². The zero-order valence-corrected chi connectivity index (χ0v) is 13.8. The number of carbonyl (C=O) groups is 1. The van der Waals surface area contributed by atoms with E-state index in [1.165, 1.54) is 0 Å². The molecule has 0 bridgehead atoms. The normalized spacial score (nSPS) is 11.9. The quantitative estimate of drug-likeness (QED) is 0.758. The van der Waals surface area contributed by atoms with Gasteiger partial charge in [0.2, 0.25) is 5.91 Å². The van der Waals surface area contributed by atoms with Gasteiger partial charge in [-0.15, -0.1) is 0 Å². The number of hydrogen-bond acceptors (Lipinski definition) is 2. The van der Waals surface area contributed by atoms with E-state index in [-0.39, 0.29) is 5.91 Å². The highest BCUT2D eigenvalue weighted by molar-refractivity contribution is 9.10. The first-order valence-corrected chi connectivity index (χ1v) is 7.73. The van der Waals surface area contributed by atoms with Crippen molar-refractivity contribution in [1.29, 1.82) is 0 Å². The van der Waals surface area contributed by atoms with E-state index in [4.69, 9.17) is 11.6 Å². The average Bonchev–Trinajstić information content (AvgIpc) is 2.43. The number of thiol groups is 1. The van der Waals surface area contributed by atoms with Gasteiger partial charge in [0.05, 0.1) is 10.9 Å². The molecule has 104 valence electrons. The van der Waals surface area contributed by atoms with Crippen molar-refractivity contribution >= 4 is 51.8 Å². The Labute approximate surface area is 137 Å². The van der Waals surface area contributed by atoms with E-state index in [2.05, 4.69) is 33.9 Å². The van der Waals surface area contributed by atoms with Crippen molar-refractivity contribution in [3.8, 4) is 0 Å². The average molecular weight is 371 g/mol. The van der Waals surface area contributed by atoms with Crippen molar-refractivity contribution in [1.82, 2.24) is 0 Å². The summed E-state index contributed by atoms with van der Waals surface area (Å²) in [5, 5.41) is 3.05. The van der Waals surface area contributed by atoms with Gasteiger partial charge in [-0.2, -0.15) is 12.6 Å². The van der Waals surface area contributed by atoms with Crippen LogP contribution in [0.3, 0.4) is 0 Å². The van der Waals surface area contributed by atoms with Crippen LogP contribution in [0, 0.1) is 0 Å². The van der Waals surface area contributed by atoms with Gasteiger partial charge in [-0.1, -0.05) is 41.9 Å². The molecule has 0 heterocycles. The Balaban J connectivity index is 2.01. The second-order valence-electron chi connectivity index (χ2n) is 4.32. The third-order valence-corrected chi connectivity index (χ3v) is 4.07. The van der Waals surface area contributed by atoms with Gasteiger partial charge in [-0.3, -0.25) is 4.79 Å². The highest BCUT2D eigenvalue weighted by atomic mass is 79.9. The molecule has 0 radical (unpaired) electrons. The van der Waals surface area contributed by atoms with E-state index in [0.717, 1.165) is 10.0 Å². The predicted molar refractivity (Wildman–Crippen MR) is 90.7 cm³/mol. The first-order valence-electron chi connectivity index (χ1n) is 6.04. The van der Waals surface area contributed by atoms with Crippen LogP contribution in [0.25, 0.3) is 0 Å². The third-order valence-electron chi connectivity index (χ3n) is 2.76. The number of halogens is 2. The van der Waals surface area contributed by atoms with Crippen LogP contribution >= 0.6 is 40.2 Å². The Morgan fingerprint density at radius 2 is 1.95 bits per heavy atom. The number of nitrogens with one attached hydrogen (secondary N) is 1. The fraction of sp³-hybridized carbons (Fsp3) is 0.133. The maximum atomic E-state index is 12.1. The zero-order valence-electron chi connectivity index (χ0n) is 10.5. The molecule has 1 atom stereocenters. The maximum absolute atomic E-state index is 12.1. The molecule has 2 aromatic rings. The Morgan fingerprint density at radius 3 is 2.60 bits per heavy atom. The van der Waals surface area contributed by atoms with Crippen molar-refractivity contribution in [2.24, 2.45) is 0 Å². The van der Waals surface area contributed by atoms with Crippen LogP contribution < -0.4 is 5.32 Å². The Hall–Kier alpha value is -0.970. The van der Waals surface area contributed by atoms with Crippen LogP contribution in [-0.4, -0.2) is 11.2 Å². The summed E-state index contributed by atoms with van der Waals surface area (Å²) in [4.78, 5) is 12.1. The molecular weight excluding hydrogens is 358 g/mol. The van der Waals surface area contributed by atoms with Gasteiger partial charge in [-0.25, -0.2) is 0 Å². The number of rotatable bonds is 4. The lowest BCUT2D eigenvalue weighted by molar-refractivity contribution is -0.115. The van der Waals surface area contributed by atoms with E-state index in [0.29, 0.717) is 17.1 Å². The number of carbonyl (C=O) groups excluding carboxylic acids is 1. The van der Waals surface area contributed by atoms with E-state index in [9.17, 15) is 4.79 Å². The van der Waals surface area contributed by atoms with Crippen LogP contribution in [0.4, 0.5) is 5.69 Å². The second-order valence-corrected chi connectivity index (χ2v) is 6.23. The lowest BCUT2D eigenvalue weighted by Gasteiger charge is -2.13. The van der Waals surface area contributed by atoms with Gasteiger partial charge in [0.25, 0.3) is 0 Å². The van der Waals surface area contributed by atoms with E-state index >= 15 is 0 Å².